The van der Waals surface area contributed by atoms with Gasteiger partial charge in [-0.15, -0.1) is 0 Å². The molecule has 0 bridgehead atoms. The highest BCUT2D eigenvalue weighted by Gasteiger charge is 2.32. The summed E-state index contributed by atoms with van der Waals surface area (Å²) in [4.78, 5) is 66.8. The van der Waals surface area contributed by atoms with Gasteiger partial charge in [-0.25, -0.2) is 0 Å². The number of carbonyl (C=O) groups excluding carboxylic acids is 5. The number of rotatable bonds is 47. The Morgan fingerprint density at radius 2 is 0.792 bits per heavy atom. The summed E-state index contributed by atoms with van der Waals surface area (Å²) in [5.41, 5.74) is -2.16. The molecule has 0 heterocycles. The van der Waals surface area contributed by atoms with Gasteiger partial charge in [-0.05, 0) is 59.8 Å². The maximum absolute atomic E-state index is 13.7. The summed E-state index contributed by atoms with van der Waals surface area (Å²) in [6, 6.07) is -0.919. The Labute approximate surface area is 444 Å². The fourth-order valence-corrected chi connectivity index (χ4v) is 9.15. The lowest BCUT2D eigenvalue weighted by molar-refractivity contribution is -0.137. The summed E-state index contributed by atoms with van der Waals surface area (Å²) in [5.74, 6) is -0.679. The predicted molar refractivity (Wildman–Crippen MR) is 303 cm³/mol. The molecular weight excluding hydrogens is 901 g/mol. The third-order valence-electron chi connectivity index (χ3n) is 13.6. The lowest BCUT2D eigenvalue weighted by Gasteiger charge is -2.36. The molecule has 0 saturated carbocycles. The van der Waals surface area contributed by atoms with E-state index in [0.29, 0.717) is 32.8 Å². The van der Waals surface area contributed by atoms with Crippen LogP contribution < -0.4 is 26.6 Å². The minimum atomic E-state index is -0.919. The zero-order valence-electron chi connectivity index (χ0n) is 49.4. The fraction of sp³-hybridized carbons (Fsp3) is 0.915. The molecule has 421 valence electrons. The van der Waals surface area contributed by atoms with E-state index < -0.39 is 22.7 Å². The van der Waals surface area contributed by atoms with E-state index in [-0.39, 0.29) is 71.9 Å². The molecule has 12 nitrogen and oxygen atoms in total. The smallest absolute Gasteiger partial charge is 0.242 e. The van der Waals surface area contributed by atoms with Gasteiger partial charge in [-0.3, -0.25) is 24.0 Å². The maximum atomic E-state index is 13.7. The third kappa shape index (κ3) is 38.0. The van der Waals surface area contributed by atoms with Crippen LogP contribution in [-0.4, -0.2) is 93.4 Å². The van der Waals surface area contributed by atoms with Crippen LogP contribution in [0.1, 0.15) is 264 Å². The summed E-state index contributed by atoms with van der Waals surface area (Å²) in [6.07, 6.45) is 27.7. The van der Waals surface area contributed by atoms with Crippen LogP contribution in [0.4, 0.5) is 4.79 Å². The third-order valence-corrected chi connectivity index (χ3v) is 13.6. The van der Waals surface area contributed by atoms with Crippen LogP contribution in [-0.2, 0) is 28.7 Å². The van der Waals surface area contributed by atoms with Gasteiger partial charge >= 0.3 is 0 Å². The Morgan fingerprint density at radius 1 is 0.444 bits per heavy atom. The lowest BCUT2D eigenvalue weighted by Crippen LogP contribution is -2.51. The van der Waals surface area contributed by atoms with Crippen LogP contribution in [0.3, 0.4) is 0 Å². The summed E-state index contributed by atoms with van der Waals surface area (Å²) in [7, 11) is 1.53. The highest BCUT2D eigenvalue weighted by Crippen LogP contribution is 2.25. The van der Waals surface area contributed by atoms with Gasteiger partial charge in [-0.1, -0.05) is 203 Å². The Bertz CT molecular complexity index is 1450. The van der Waals surface area contributed by atoms with E-state index in [1.54, 1.807) is 0 Å². The highest BCUT2D eigenvalue weighted by molar-refractivity contribution is 6.74. The quantitative estimate of drug-likeness (QED) is 0.0299. The molecule has 0 aliphatic carbocycles. The molecule has 0 spiro atoms. The molecule has 5 amide bonds. The molecule has 5 N–H and O–H groups in total. The van der Waals surface area contributed by atoms with Crippen molar-refractivity contribution in [2.24, 2.45) is 22.7 Å². The standard InChI is InChI=1S/C59H115BN5O7/c1-15-19-23-27-29-33-37-48(35-31-25-21-17-3)52(67)62-41-56(7,8)45-71-46-57(9,10)42-63-54(69)50(65-55(70)60-47(5)6)39-40-51(66)61-43-58(11,12)72-59(13,14)44-64-53(68)49(36-32-26-22-18-4)38-34-30-28-24-20-16-2/h47-50H,15-46H2,1-14H3,(H,61,66)(H,62,67)(H,63,69)(H,64,68)(H,65,70)/t48?,49?,50-/m0/s1. The number of hydrogen-bond donors (Lipinski definition) is 5. The maximum Gasteiger partial charge on any atom is 0.242 e. The predicted octanol–water partition coefficient (Wildman–Crippen LogP) is 13.2. The Hall–Kier alpha value is -2.67. The van der Waals surface area contributed by atoms with Crippen molar-refractivity contribution in [3.8, 4) is 0 Å². The Kier molecular flexibility index (Phi) is 38.2. The van der Waals surface area contributed by atoms with Crippen molar-refractivity contribution < 1.29 is 33.4 Å². The molecule has 0 aromatic carbocycles. The normalized spacial score (nSPS) is 13.6. The van der Waals surface area contributed by atoms with Crippen molar-refractivity contribution in [1.82, 2.24) is 26.6 Å². The second-order valence-corrected chi connectivity index (χ2v) is 24.6. The summed E-state index contributed by atoms with van der Waals surface area (Å²) in [6.45, 7) is 30.9. The van der Waals surface area contributed by atoms with Crippen molar-refractivity contribution in [1.29, 1.82) is 0 Å². The minimum absolute atomic E-state index is 0.00764. The summed E-state index contributed by atoms with van der Waals surface area (Å²) in [5, 5.41) is 15.3. The van der Waals surface area contributed by atoms with Crippen molar-refractivity contribution in [3.05, 3.63) is 0 Å². The average Bonchev–Trinajstić information content (AvgIpc) is 3.30. The first kappa shape index (κ1) is 69.3. The first-order chi connectivity index (χ1) is 33.9. The van der Waals surface area contributed by atoms with Crippen LogP contribution >= 0.6 is 0 Å². The largest absolute Gasteiger partial charge is 0.380 e. The van der Waals surface area contributed by atoms with Gasteiger partial charge in [-0.2, -0.15) is 0 Å². The number of nitrogens with one attached hydrogen (secondary N) is 5. The molecule has 3 atom stereocenters. The molecule has 72 heavy (non-hydrogen) atoms. The molecule has 0 aliphatic rings. The number of ether oxygens (including phenoxy) is 2. The number of unbranched alkanes of at least 4 members (excludes halogenated alkanes) is 16. The van der Waals surface area contributed by atoms with E-state index in [1.807, 2.05) is 55.4 Å². The van der Waals surface area contributed by atoms with Gasteiger partial charge in [0.25, 0.3) is 0 Å². The van der Waals surface area contributed by atoms with Crippen molar-refractivity contribution in [2.75, 3.05) is 39.4 Å². The Balaban J connectivity index is 5.29. The SMILES string of the molecule is CCCCCCCCC(CCCCCC)C(=O)NCC(C)(C)COCC(C)(C)CNC(=O)[C@H](CCC(=O)NCC(C)(C)OC(C)(C)CNC(=O)C(CCCCCC)CCCCCCCC)NC(=O)[B]C(C)C. The first-order valence-electron chi connectivity index (χ1n) is 29.4. The van der Waals surface area contributed by atoms with Crippen LogP contribution in [0.5, 0.6) is 0 Å². The topological polar surface area (TPSA) is 164 Å². The Morgan fingerprint density at radius 3 is 1.19 bits per heavy atom. The van der Waals surface area contributed by atoms with Gasteiger partial charge in [0.05, 0.1) is 24.4 Å². The van der Waals surface area contributed by atoms with Crippen LogP contribution in [0.25, 0.3) is 0 Å². The minimum Gasteiger partial charge on any atom is -0.380 e. The molecule has 0 saturated heterocycles. The average molecular weight is 1020 g/mol. The van der Waals surface area contributed by atoms with Crippen LogP contribution in [0.15, 0.2) is 0 Å². The van der Waals surface area contributed by atoms with Crippen molar-refractivity contribution >= 4 is 36.7 Å². The van der Waals surface area contributed by atoms with Crippen molar-refractivity contribution in [2.45, 2.75) is 287 Å². The lowest BCUT2D eigenvalue weighted by atomic mass is 9.65. The zero-order valence-corrected chi connectivity index (χ0v) is 49.4. The van der Waals surface area contributed by atoms with Crippen LogP contribution in [0.2, 0.25) is 5.82 Å². The van der Waals surface area contributed by atoms with Crippen LogP contribution in [0, 0.1) is 22.7 Å². The second-order valence-electron chi connectivity index (χ2n) is 24.6. The number of hydrogen-bond acceptors (Lipinski definition) is 7. The zero-order chi connectivity index (χ0) is 54.5. The van der Waals surface area contributed by atoms with Crippen molar-refractivity contribution in [3.63, 3.8) is 0 Å². The second kappa shape index (κ2) is 39.7. The fourth-order valence-electron chi connectivity index (χ4n) is 9.15. The van der Waals surface area contributed by atoms with Gasteiger partial charge in [0.1, 0.15) is 6.04 Å². The molecular formula is C59H115BN5O7. The molecule has 1 radical (unpaired) electrons. The van der Waals surface area contributed by atoms with Gasteiger partial charge < -0.3 is 36.1 Å². The summed E-state index contributed by atoms with van der Waals surface area (Å²) < 4.78 is 12.8. The van der Waals surface area contributed by atoms with E-state index in [0.717, 1.165) is 57.8 Å². The number of carbonyl (C=O) groups is 5. The number of amides is 5. The summed E-state index contributed by atoms with van der Waals surface area (Å²) >= 11 is 0. The first-order valence-corrected chi connectivity index (χ1v) is 29.4. The molecule has 2 unspecified atom stereocenters. The van der Waals surface area contributed by atoms with E-state index in [1.165, 1.54) is 104 Å². The van der Waals surface area contributed by atoms with Gasteiger partial charge in [0, 0.05) is 55.3 Å². The molecule has 0 aliphatic heterocycles. The van der Waals surface area contributed by atoms with E-state index in [2.05, 4.69) is 68.1 Å². The van der Waals surface area contributed by atoms with Gasteiger partial charge in [0.15, 0.2) is 5.81 Å². The monoisotopic (exact) mass is 1020 g/mol. The molecule has 0 fully saturated rings. The van der Waals surface area contributed by atoms with Gasteiger partial charge in [0.2, 0.25) is 30.9 Å². The van der Waals surface area contributed by atoms with E-state index >= 15 is 0 Å². The molecule has 0 aromatic rings. The molecule has 0 aromatic heterocycles. The van der Waals surface area contributed by atoms with E-state index in [9.17, 15) is 24.0 Å². The van der Waals surface area contributed by atoms with E-state index in [4.69, 9.17) is 9.47 Å². The molecule has 13 heteroatoms. The highest BCUT2D eigenvalue weighted by atomic mass is 16.5. The molecule has 0 rings (SSSR count).